The van der Waals surface area contributed by atoms with Gasteiger partial charge in [0.15, 0.2) is 5.43 Å². The van der Waals surface area contributed by atoms with Crippen molar-refractivity contribution in [2.45, 2.75) is 59.3 Å². The first kappa shape index (κ1) is 25.7. The molecular weight excluding hydrogens is 452 g/mol. The molecular formula is C27H28O8. The molecule has 0 amide bonds. The Hall–Kier alpha value is -3.94. The van der Waals surface area contributed by atoms with E-state index in [2.05, 4.69) is 0 Å². The zero-order valence-corrected chi connectivity index (χ0v) is 20.1. The number of hydrogen-bond acceptors (Lipinski definition) is 8. The lowest BCUT2D eigenvalue weighted by molar-refractivity contribution is -0.135. The highest BCUT2D eigenvalue weighted by molar-refractivity contribution is 5.89. The van der Waals surface area contributed by atoms with E-state index in [1.165, 1.54) is 18.2 Å². The molecule has 3 rings (SSSR count). The Morgan fingerprint density at radius 3 is 1.83 bits per heavy atom. The van der Waals surface area contributed by atoms with E-state index in [1.54, 1.807) is 24.3 Å². The monoisotopic (exact) mass is 480 g/mol. The number of hydrogen-bond donors (Lipinski definition) is 0. The zero-order chi connectivity index (χ0) is 25.4. The summed E-state index contributed by atoms with van der Waals surface area (Å²) in [6.07, 6.45) is 2.56. The molecule has 8 heteroatoms. The third-order valence-corrected chi connectivity index (χ3v) is 4.96. The minimum absolute atomic E-state index is 0.0290. The van der Waals surface area contributed by atoms with Crippen molar-refractivity contribution in [3.8, 4) is 28.6 Å². The number of carbonyl (C=O) groups excluding carboxylic acids is 3. The molecule has 35 heavy (non-hydrogen) atoms. The van der Waals surface area contributed by atoms with Crippen LogP contribution in [-0.4, -0.2) is 17.9 Å². The molecule has 2 aromatic carbocycles. The number of ether oxygens (including phenoxy) is 3. The molecule has 0 saturated carbocycles. The van der Waals surface area contributed by atoms with Crippen LogP contribution < -0.4 is 19.6 Å². The Balaban J connectivity index is 2.02. The Morgan fingerprint density at radius 2 is 1.26 bits per heavy atom. The Morgan fingerprint density at radius 1 is 0.714 bits per heavy atom. The van der Waals surface area contributed by atoms with Gasteiger partial charge in [0.1, 0.15) is 34.0 Å². The number of esters is 3. The van der Waals surface area contributed by atoms with E-state index in [-0.39, 0.29) is 47.0 Å². The van der Waals surface area contributed by atoms with Crippen molar-refractivity contribution in [2.75, 3.05) is 0 Å². The molecule has 0 saturated heterocycles. The summed E-state index contributed by atoms with van der Waals surface area (Å²) >= 11 is 0. The molecule has 184 valence electrons. The maximum absolute atomic E-state index is 13.0. The van der Waals surface area contributed by atoms with Crippen LogP contribution in [0.1, 0.15) is 59.3 Å². The predicted molar refractivity (Wildman–Crippen MR) is 130 cm³/mol. The van der Waals surface area contributed by atoms with E-state index < -0.39 is 17.4 Å². The summed E-state index contributed by atoms with van der Waals surface area (Å²) in [6.45, 7) is 5.57. The van der Waals surface area contributed by atoms with Crippen molar-refractivity contribution >= 4 is 28.9 Å². The second kappa shape index (κ2) is 12.0. The maximum Gasteiger partial charge on any atom is 0.311 e. The SMILES string of the molecule is CCCC(=O)Oc1ccc(-c2cc(=O)c3c(OC(=O)CCC)cc(OC(=O)CCC)cc3o2)cc1. The summed E-state index contributed by atoms with van der Waals surface area (Å²) in [5, 5.41) is 0.0682. The van der Waals surface area contributed by atoms with E-state index in [0.717, 1.165) is 0 Å². The molecule has 1 aromatic heterocycles. The second-order valence-electron chi connectivity index (χ2n) is 7.97. The largest absolute Gasteiger partial charge is 0.456 e. The topological polar surface area (TPSA) is 109 Å². The summed E-state index contributed by atoms with van der Waals surface area (Å²) < 4.78 is 22.0. The van der Waals surface area contributed by atoms with E-state index in [9.17, 15) is 19.2 Å². The molecule has 0 fully saturated rings. The summed E-state index contributed by atoms with van der Waals surface area (Å²) in [4.78, 5) is 48.9. The highest BCUT2D eigenvalue weighted by atomic mass is 16.5. The van der Waals surface area contributed by atoms with Gasteiger partial charge >= 0.3 is 17.9 Å². The zero-order valence-electron chi connectivity index (χ0n) is 20.1. The van der Waals surface area contributed by atoms with Gasteiger partial charge < -0.3 is 18.6 Å². The Bertz CT molecular complexity index is 1270. The molecule has 1 heterocycles. The second-order valence-corrected chi connectivity index (χ2v) is 7.97. The van der Waals surface area contributed by atoms with Crippen LogP contribution in [0.3, 0.4) is 0 Å². The van der Waals surface area contributed by atoms with E-state index in [1.807, 2.05) is 20.8 Å². The molecule has 0 aliphatic rings. The van der Waals surface area contributed by atoms with Gasteiger partial charge in [-0.1, -0.05) is 20.8 Å². The standard InChI is InChI=1S/C27H28O8/c1-4-7-24(29)32-18-12-10-17(11-13-18)21-16-20(28)27-22(34-21)14-19(33-25(30)8-5-2)15-23(27)35-26(31)9-6-3/h10-16H,4-9H2,1-3H3. The predicted octanol–water partition coefficient (Wildman–Crippen LogP) is 5.58. The average molecular weight is 481 g/mol. The molecule has 8 nitrogen and oxygen atoms in total. The van der Waals surface area contributed by atoms with Crippen LogP contribution in [-0.2, 0) is 14.4 Å². The van der Waals surface area contributed by atoms with E-state index >= 15 is 0 Å². The van der Waals surface area contributed by atoms with Gasteiger partial charge in [0.25, 0.3) is 0 Å². The lowest BCUT2D eigenvalue weighted by Gasteiger charge is -2.11. The van der Waals surface area contributed by atoms with Gasteiger partial charge in [-0.3, -0.25) is 19.2 Å². The summed E-state index contributed by atoms with van der Waals surface area (Å²) in [5.41, 5.74) is 0.245. The maximum atomic E-state index is 13.0. The first-order chi connectivity index (χ1) is 16.8. The minimum Gasteiger partial charge on any atom is -0.456 e. The van der Waals surface area contributed by atoms with Crippen LogP contribution in [0.25, 0.3) is 22.3 Å². The molecule has 0 aliphatic heterocycles. The van der Waals surface area contributed by atoms with Crippen LogP contribution in [0.2, 0.25) is 0 Å². The van der Waals surface area contributed by atoms with Crippen molar-refractivity contribution in [2.24, 2.45) is 0 Å². The fraction of sp³-hybridized carbons (Fsp3) is 0.333. The van der Waals surface area contributed by atoms with Gasteiger partial charge in [-0.25, -0.2) is 0 Å². The highest BCUT2D eigenvalue weighted by Crippen LogP contribution is 2.33. The number of carbonyl (C=O) groups is 3. The number of fused-ring (bicyclic) bond motifs is 1. The number of rotatable bonds is 10. The smallest absolute Gasteiger partial charge is 0.311 e. The van der Waals surface area contributed by atoms with Crippen molar-refractivity contribution in [3.63, 3.8) is 0 Å². The molecule has 0 atom stereocenters. The van der Waals surface area contributed by atoms with Gasteiger partial charge in [0.2, 0.25) is 0 Å². The van der Waals surface area contributed by atoms with Crippen molar-refractivity contribution in [1.82, 2.24) is 0 Å². The first-order valence-electron chi connectivity index (χ1n) is 11.7. The normalized spacial score (nSPS) is 10.7. The van der Waals surface area contributed by atoms with Gasteiger partial charge in [-0.15, -0.1) is 0 Å². The quantitative estimate of drug-likeness (QED) is 0.273. The minimum atomic E-state index is -0.512. The average Bonchev–Trinajstić information content (AvgIpc) is 2.79. The van der Waals surface area contributed by atoms with Gasteiger partial charge in [0, 0.05) is 43.0 Å². The number of benzene rings is 2. The molecule has 0 bridgehead atoms. The third kappa shape index (κ3) is 6.79. The molecule has 3 aromatic rings. The van der Waals surface area contributed by atoms with Crippen molar-refractivity contribution in [1.29, 1.82) is 0 Å². The Labute approximate surface area is 202 Å². The molecule has 0 aliphatic carbocycles. The van der Waals surface area contributed by atoms with Crippen molar-refractivity contribution < 1.29 is 33.0 Å². The Kier molecular flexibility index (Phi) is 8.78. The van der Waals surface area contributed by atoms with Gasteiger partial charge in [0.05, 0.1) is 0 Å². The third-order valence-electron chi connectivity index (χ3n) is 4.96. The lowest BCUT2D eigenvalue weighted by Crippen LogP contribution is -2.12. The molecule has 0 spiro atoms. The first-order valence-corrected chi connectivity index (χ1v) is 11.7. The summed E-state index contributed by atoms with van der Waals surface area (Å²) in [5.74, 6) is -0.588. The fourth-order valence-electron chi connectivity index (χ4n) is 3.35. The van der Waals surface area contributed by atoms with Crippen LogP contribution in [0.5, 0.6) is 17.2 Å². The molecule has 0 radical (unpaired) electrons. The summed E-state index contributed by atoms with van der Waals surface area (Å²) in [6, 6.07) is 10.6. The van der Waals surface area contributed by atoms with Gasteiger partial charge in [-0.2, -0.15) is 0 Å². The van der Waals surface area contributed by atoms with E-state index in [4.69, 9.17) is 18.6 Å². The lowest BCUT2D eigenvalue weighted by atomic mass is 10.1. The van der Waals surface area contributed by atoms with Crippen LogP contribution in [0.4, 0.5) is 0 Å². The van der Waals surface area contributed by atoms with Gasteiger partial charge in [-0.05, 0) is 43.5 Å². The fourth-order valence-corrected chi connectivity index (χ4v) is 3.35. The highest BCUT2D eigenvalue weighted by Gasteiger charge is 2.18. The van der Waals surface area contributed by atoms with Crippen LogP contribution >= 0.6 is 0 Å². The van der Waals surface area contributed by atoms with E-state index in [0.29, 0.717) is 37.0 Å². The molecule has 0 unspecified atom stereocenters. The van der Waals surface area contributed by atoms with Crippen molar-refractivity contribution in [3.05, 3.63) is 52.7 Å². The molecule has 0 N–H and O–H groups in total. The summed E-state index contributed by atoms with van der Waals surface area (Å²) in [7, 11) is 0. The van der Waals surface area contributed by atoms with Crippen LogP contribution in [0, 0.1) is 0 Å². The van der Waals surface area contributed by atoms with Crippen LogP contribution in [0.15, 0.2) is 51.7 Å².